The minimum Gasteiger partial charge on any atom is -0.459 e. The molecule has 0 aliphatic carbocycles. The lowest BCUT2D eigenvalue weighted by Gasteiger charge is -2.28. The fraction of sp³-hybridized carbons (Fsp3) is 0.438. The maximum Gasteiger partial charge on any atom is 0.342 e. The first kappa shape index (κ1) is 27.6. The van der Waals surface area contributed by atoms with Crippen LogP contribution in [-0.2, 0) is 16.7 Å². The molecule has 1 fully saturated rings. The second-order valence-corrected chi connectivity index (χ2v) is 11.3. The zero-order valence-electron chi connectivity index (χ0n) is 23.6. The third-order valence-corrected chi connectivity index (χ3v) is 6.97. The van der Waals surface area contributed by atoms with E-state index in [1.807, 2.05) is 32.0 Å². The van der Waals surface area contributed by atoms with Crippen LogP contribution in [0.2, 0.25) is 0 Å². The van der Waals surface area contributed by atoms with Crippen molar-refractivity contribution < 1.29 is 14.3 Å². The molecule has 6 nitrogen and oxygen atoms in total. The lowest BCUT2D eigenvalue weighted by atomic mass is 9.87. The molecule has 0 spiro atoms. The number of esters is 1. The molecule has 1 atom stereocenters. The second-order valence-electron chi connectivity index (χ2n) is 11.3. The van der Waals surface area contributed by atoms with E-state index in [4.69, 9.17) is 9.47 Å². The van der Waals surface area contributed by atoms with Gasteiger partial charge in [-0.2, -0.15) is 0 Å². The van der Waals surface area contributed by atoms with Crippen LogP contribution in [0.15, 0.2) is 66.9 Å². The van der Waals surface area contributed by atoms with Gasteiger partial charge in [0.25, 0.3) is 0 Å². The van der Waals surface area contributed by atoms with Crippen molar-refractivity contribution in [2.24, 2.45) is 0 Å². The van der Waals surface area contributed by atoms with Crippen molar-refractivity contribution in [1.82, 2.24) is 9.88 Å². The lowest BCUT2D eigenvalue weighted by molar-refractivity contribution is 0.0378. The van der Waals surface area contributed by atoms with Crippen LogP contribution in [0.5, 0.6) is 11.5 Å². The molecule has 0 unspecified atom stereocenters. The smallest absolute Gasteiger partial charge is 0.342 e. The quantitative estimate of drug-likeness (QED) is 0.291. The van der Waals surface area contributed by atoms with E-state index in [0.717, 1.165) is 44.1 Å². The number of benzene rings is 2. The Morgan fingerprint density at radius 2 is 1.84 bits per heavy atom. The number of carbonyl (C=O) groups is 1. The van der Waals surface area contributed by atoms with Crippen molar-refractivity contribution in [2.45, 2.75) is 72.1 Å². The minimum absolute atomic E-state index is 0.118. The van der Waals surface area contributed by atoms with E-state index in [2.05, 4.69) is 72.8 Å². The first-order valence-corrected chi connectivity index (χ1v) is 13.7. The van der Waals surface area contributed by atoms with Crippen molar-refractivity contribution >= 4 is 11.8 Å². The van der Waals surface area contributed by atoms with Gasteiger partial charge < -0.3 is 14.4 Å². The molecule has 38 heavy (non-hydrogen) atoms. The SMILES string of the molecule is CCN(Cc1cccc(Oc2ccc(C(C)(C)C)cc2)c1)[C@@H]1CCN(c2ncccc2C(=O)OC(C)C)C1. The Morgan fingerprint density at radius 1 is 1.08 bits per heavy atom. The molecule has 0 amide bonds. The first-order chi connectivity index (χ1) is 18.1. The van der Waals surface area contributed by atoms with E-state index >= 15 is 0 Å². The summed E-state index contributed by atoms with van der Waals surface area (Å²) in [5.74, 6) is 2.08. The highest BCUT2D eigenvalue weighted by Crippen LogP contribution is 2.29. The van der Waals surface area contributed by atoms with Gasteiger partial charge in [-0.1, -0.05) is 52.0 Å². The third-order valence-electron chi connectivity index (χ3n) is 6.97. The van der Waals surface area contributed by atoms with E-state index in [9.17, 15) is 4.79 Å². The number of anilines is 1. The van der Waals surface area contributed by atoms with Gasteiger partial charge in [0.1, 0.15) is 22.9 Å². The molecule has 0 saturated carbocycles. The second kappa shape index (κ2) is 12.0. The fourth-order valence-electron chi connectivity index (χ4n) is 4.92. The maximum atomic E-state index is 12.7. The molecule has 1 aromatic heterocycles. The number of pyridine rings is 1. The van der Waals surface area contributed by atoms with Crippen molar-refractivity contribution in [1.29, 1.82) is 0 Å². The molecule has 3 aromatic rings. The zero-order chi connectivity index (χ0) is 27.3. The number of rotatable bonds is 9. The van der Waals surface area contributed by atoms with Gasteiger partial charge in [-0.3, -0.25) is 4.90 Å². The van der Waals surface area contributed by atoms with Gasteiger partial charge in [0, 0.05) is 31.9 Å². The summed E-state index contributed by atoms with van der Waals surface area (Å²) in [6.45, 7) is 16.0. The van der Waals surface area contributed by atoms with Crippen molar-refractivity contribution in [2.75, 3.05) is 24.5 Å². The van der Waals surface area contributed by atoms with Gasteiger partial charge in [0.2, 0.25) is 0 Å². The Hall–Kier alpha value is -3.38. The number of hydrogen-bond donors (Lipinski definition) is 0. The van der Waals surface area contributed by atoms with E-state index in [1.165, 1.54) is 11.1 Å². The van der Waals surface area contributed by atoms with E-state index in [0.29, 0.717) is 17.4 Å². The van der Waals surface area contributed by atoms with Crippen molar-refractivity contribution in [3.05, 3.63) is 83.6 Å². The Bertz CT molecular complexity index is 1220. The first-order valence-electron chi connectivity index (χ1n) is 13.7. The number of aromatic nitrogens is 1. The van der Waals surface area contributed by atoms with Crippen molar-refractivity contribution in [3.63, 3.8) is 0 Å². The Labute approximate surface area is 227 Å². The summed E-state index contributed by atoms with van der Waals surface area (Å²) in [6, 6.07) is 20.7. The Balaban J connectivity index is 1.41. The number of likely N-dealkylation sites (N-methyl/N-ethyl adjacent to an activating group) is 1. The van der Waals surface area contributed by atoms with Gasteiger partial charge in [0.15, 0.2) is 0 Å². The molecule has 0 bridgehead atoms. The predicted molar refractivity (Wildman–Crippen MR) is 153 cm³/mol. The fourth-order valence-corrected chi connectivity index (χ4v) is 4.92. The topological polar surface area (TPSA) is 54.9 Å². The number of nitrogens with zero attached hydrogens (tertiary/aromatic N) is 3. The van der Waals surface area contributed by atoms with Crippen LogP contribution < -0.4 is 9.64 Å². The zero-order valence-corrected chi connectivity index (χ0v) is 23.6. The summed E-state index contributed by atoms with van der Waals surface area (Å²) in [7, 11) is 0. The average Bonchev–Trinajstić information content (AvgIpc) is 3.37. The van der Waals surface area contributed by atoms with Crippen LogP contribution in [0.1, 0.15) is 69.4 Å². The number of hydrogen-bond acceptors (Lipinski definition) is 6. The molecule has 4 rings (SSSR count). The van der Waals surface area contributed by atoms with E-state index < -0.39 is 0 Å². The highest BCUT2D eigenvalue weighted by molar-refractivity contribution is 5.95. The predicted octanol–water partition coefficient (Wildman–Crippen LogP) is 6.84. The van der Waals surface area contributed by atoms with Crippen molar-refractivity contribution in [3.8, 4) is 11.5 Å². The molecular formula is C32H41N3O3. The summed E-state index contributed by atoms with van der Waals surface area (Å²) in [5, 5.41) is 0. The molecule has 0 N–H and O–H groups in total. The van der Waals surface area contributed by atoms with Crippen LogP contribution >= 0.6 is 0 Å². The molecule has 6 heteroatoms. The highest BCUT2D eigenvalue weighted by Gasteiger charge is 2.30. The van der Waals surface area contributed by atoms with Gasteiger partial charge in [0.05, 0.1) is 6.10 Å². The Kier molecular flexibility index (Phi) is 8.72. The minimum atomic E-state index is -0.316. The summed E-state index contributed by atoms with van der Waals surface area (Å²) in [5.41, 5.74) is 3.16. The summed E-state index contributed by atoms with van der Waals surface area (Å²) in [4.78, 5) is 21.9. The number of ether oxygens (including phenoxy) is 2. The largest absolute Gasteiger partial charge is 0.459 e. The Morgan fingerprint density at radius 3 is 2.53 bits per heavy atom. The molecule has 1 aliphatic heterocycles. The summed E-state index contributed by atoms with van der Waals surface area (Å²) >= 11 is 0. The molecule has 1 aliphatic rings. The van der Waals surface area contributed by atoms with Crippen LogP contribution in [0, 0.1) is 0 Å². The van der Waals surface area contributed by atoms with Gasteiger partial charge in [-0.25, -0.2) is 9.78 Å². The maximum absolute atomic E-state index is 12.7. The third kappa shape index (κ3) is 6.93. The van der Waals surface area contributed by atoms with Crippen LogP contribution in [-0.4, -0.2) is 47.6 Å². The van der Waals surface area contributed by atoms with Gasteiger partial charge in [-0.15, -0.1) is 0 Å². The van der Waals surface area contributed by atoms with Crippen LogP contribution in [0.3, 0.4) is 0 Å². The molecule has 0 radical (unpaired) electrons. The molecule has 202 valence electrons. The molecule has 2 aromatic carbocycles. The van der Waals surface area contributed by atoms with Crippen LogP contribution in [0.4, 0.5) is 5.82 Å². The number of carbonyl (C=O) groups excluding carboxylic acids is 1. The summed E-state index contributed by atoms with van der Waals surface area (Å²) < 4.78 is 11.6. The molecule has 2 heterocycles. The molecule has 1 saturated heterocycles. The van der Waals surface area contributed by atoms with Crippen LogP contribution in [0.25, 0.3) is 0 Å². The highest BCUT2D eigenvalue weighted by atomic mass is 16.5. The average molecular weight is 516 g/mol. The monoisotopic (exact) mass is 515 g/mol. The van der Waals surface area contributed by atoms with Gasteiger partial charge in [-0.05, 0) is 79.8 Å². The lowest BCUT2D eigenvalue weighted by Crippen LogP contribution is -2.37. The summed E-state index contributed by atoms with van der Waals surface area (Å²) in [6.07, 6.45) is 2.59. The van der Waals surface area contributed by atoms with E-state index in [1.54, 1.807) is 18.3 Å². The van der Waals surface area contributed by atoms with E-state index in [-0.39, 0.29) is 17.5 Å². The van der Waals surface area contributed by atoms with Gasteiger partial charge >= 0.3 is 5.97 Å². The molecular weight excluding hydrogens is 474 g/mol. The normalized spacial score (nSPS) is 15.8. The standard InChI is InChI=1S/C32H41N3O3/c1-7-34(26-17-19-35(22-26)30-29(12-9-18-33-30)31(36)37-23(2)3)21-24-10-8-11-28(20-24)38-27-15-13-25(14-16-27)32(4,5)6/h8-16,18,20,23,26H,7,17,19,21-22H2,1-6H3/t26-/m1/s1.